The van der Waals surface area contributed by atoms with Gasteiger partial charge in [0.25, 0.3) is 0 Å². The van der Waals surface area contributed by atoms with Crippen molar-refractivity contribution in [3.05, 3.63) is 24.3 Å². The van der Waals surface area contributed by atoms with E-state index in [0.717, 1.165) is 0 Å². The van der Waals surface area contributed by atoms with Gasteiger partial charge in [0.15, 0.2) is 11.5 Å². The van der Waals surface area contributed by atoms with Gasteiger partial charge in [0, 0.05) is 7.11 Å². The fourth-order valence-electron chi connectivity index (χ4n) is 1.21. The van der Waals surface area contributed by atoms with Gasteiger partial charge in [-0.1, -0.05) is 5.16 Å². The van der Waals surface area contributed by atoms with E-state index in [1.807, 2.05) is 0 Å². The molecule has 0 aliphatic rings. The molecule has 2 heterocycles. The van der Waals surface area contributed by atoms with Gasteiger partial charge in [0.2, 0.25) is 11.7 Å². The third kappa shape index (κ3) is 2.34. The van der Waals surface area contributed by atoms with Gasteiger partial charge >= 0.3 is 0 Å². The third-order valence-electron chi connectivity index (χ3n) is 1.86. The Bertz CT molecular complexity index is 461. The van der Waals surface area contributed by atoms with Crippen LogP contribution in [0.4, 0.5) is 0 Å². The molecule has 6 heteroatoms. The first kappa shape index (κ1) is 10.6. The minimum atomic E-state index is -0.114. The standard InChI is InChI=1S/C10H10N2O4/c1-14-6-7(13)5-9-11-10(12-16-9)8-3-2-4-15-8/h2-4H,5-6H2,1H3. The van der Waals surface area contributed by atoms with Crippen LogP contribution in [0.1, 0.15) is 5.89 Å². The fraction of sp³-hybridized carbons (Fsp3) is 0.300. The maximum absolute atomic E-state index is 11.2. The van der Waals surface area contributed by atoms with E-state index in [9.17, 15) is 4.79 Å². The van der Waals surface area contributed by atoms with Crippen molar-refractivity contribution in [1.29, 1.82) is 0 Å². The number of Topliss-reactive ketones (excluding diaryl/α,β-unsaturated/α-hetero) is 1. The number of furan rings is 1. The number of aromatic nitrogens is 2. The maximum Gasteiger partial charge on any atom is 0.238 e. The molecule has 0 fully saturated rings. The molecular formula is C10H10N2O4. The van der Waals surface area contributed by atoms with Crippen LogP contribution in [0, 0.1) is 0 Å². The van der Waals surface area contributed by atoms with Crippen LogP contribution < -0.4 is 0 Å². The molecule has 0 unspecified atom stereocenters. The molecule has 0 saturated carbocycles. The molecule has 0 aromatic carbocycles. The zero-order chi connectivity index (χ0) is 11.4. The summed E-state index contributed by atoms with van der Waals surface area (Å²) in [5.74, 6) is 0.991. The molecule has 0 atom stereocenters. The second kappa shape index (κ2) is 4.71. The minimum Gasteiger partial charge on any atom is -0.461 e. The molecule has 0 aliphatic carbocycles. The first-order chi connectivity index (χ1) is 7.79. The molecule has 0 N–H and O–H groups in total. The lowest BCUT2D eigenvalue weighted by Crippen LogP contribution is -2.09. The van der Waals surface area contributed by atoms with Crippen LogP contribution >= 0.6 is 0 Å². The molecule has 0 saturated heterocycles. The van der Waals surface area contributed by atoms with Crippen molar-refractivity contribution >= 4 is 5.78 Å². The predicted molar refractivity (Wildman–Crippen MR) is 52.6 cm³/mol. The minimum absolute atomic E-state index is 0.0401. The van der Waals surface area contributed by atoms with Gasteiger partial charge in [-0.05, 0) is 12.1 Å². The summed E-state index contributed by atoms with van der Waals surface area (Å²) in [6, 6.07) is 3.44. The first-order valence-corrected chi connectivity index (χ1v) is 4.66. The number of ketones is 1. The van der Waals surface area contributed by atoms with Crippen molar-refractivity contribution < 1.29 is 18.5 Å². The molecule has 0 aliphatic heterocycles. The molecule has 0 bridgehead atoms. The summed E-state index contributed by atoms with van der Waals surface area (Å²) in [4.78, 5) is 15.3. The number of hydrogen-bond acceptors (Lipinski definition) is 6. The van der Waals surface area contributed by atoms with Crippen LogP contribution in [0.15, 0.2) is 27.3 Å². The highest BCUT2D eigenvalue weighted by molar-refractivity contribution is 5.81. The van der Waals surface area contributed by atoms with E-state index < -0.39 is 0 Å². The Morgan fingerprint density at radius 1 is 1.56 bits per heavy atom. The van der Waals surface area contributed by atoms with Crippen LogP contribution in [0.5, 0.6) is 0 Å². The van der Waals surface area contributed by atoms with E-state index in [4.69, 9.17) is 13.7 Å². The highest BCUT2D eigenvalue weighted by Crippen LogP contribution is 2.15. The van der Waals surface area contributed by atoms with Crippen LogP contribution in [0.25, 0.3) is 11.6 Å². The normalized spacial score (nSPS) is 10.6. The third-order valence-corrected chi connectivity index (χ3v) is 1.86. The smallest absolute Gasteiger partial charge is 0.238 e. The molecule has 0 amide bonds. The van der Waals surface area contributed by atoms with Gasteiger partial charge in [0.1, 0.15) is 6.61 Å². The van der Waals surface area contributed by atoms with Gasteiger partial charge in [-0.3, -0.25) is 4.79 Å². The fourth-order valence-corrected chi connectivity index (χ4v) is 1.21. The average Bonchev–Trinajstić information content (AvgIpc) is 2.86. The topological polar surface area (TPSA) is 78.4 Å². The summed E-state index contributed by atoms with van der Waals surface area (Å²) in [6.07, 6.45) is 1.59. The lowest BCUT2D eigenvalue weighted by molar-refractivity contribution is -0.122. The first-order valence-electron chi connectivity index (χ1n) is 4.66. The molecule has 16 heavy (non-hydrogen) atoms. The highest BCUT2D eigenvalue weighted by atomic mass is 16.5. The maximum atomic E-state index is 11.2. The summed E-state index contributed by atoms with van der Waals surface area (Å²) in [5, 5.41) is 3.70. The van der Waals surface area contributed by atoms with Crippen molar-refractivity contribution in [3.63, 3.8) is 0 Å². The van der Waals surface area contributed by atoms with Crippen LogP contribution in [0.2, 0.25) is 0 Å². The predicted octanol–water partition coefficient (Wildman–Crippen LogP) is 1.09. The van der Waals surface area contributed by atoms with Crippen LogP contribution in [-0.4, -0.2) is 29.6 Å². The van der Waals surface area contributed by atoms with Gasteiger partial charge in [-0.25, -0.2) is 0 Å². The number of carbonyl (C=O) groups is 1. The van der Waals surface area contributed by atoms with E-state index in [-0.39, 0.29) is 24.7 Å². The molecule has 2 aromatic rings. The van der Waals surface area contributed by atoms with E-state index in [1.165, 1.54) is 13.4 Å². The number of rotatable bonds is 5. The van der Waals surface area contributed by atoms with Gasteiger partial charge in [-0.2, -0.15) is 4.98 Å². The largest absolute Gasteiger partial charge is 0.461 e. The van der Waals surface area contributed by atoms with E-state index in [0.29, 0.717) is 11.6 Å². The van der Waals surface area contributed by atoms with E-state index in [2.05, 4.69) is 10.1 Å². The quantitative estimate of drug-likeness (QED) is 0.753. The second-order valence-corrected chi connectivity index (χ2v) is 3.14. The highest BCUT2D eigenvalue weighted by Gasteiger charge is 2.13. The Balaban J connectivity index is 2.06. The summed E-state index contributed by atoms with van der Waals surface area (Å²) >= 11 is 0. The molecule has 6 nitrogen and oxygen atoms in total. The molecule has 0 radical (unpaired) electrons. The van der Waals surface area contributed by atoms with Crippen molar-refractivity contribution in [1.82, 2.24) is 10.1 Å². The molecule has 2 aromatic heterocycles. The van der Waals surface area contributed by atoms with E-state index in [1.54, 1.807) is 12.1 Å². The monoisotopic (exact) mass is 222 g/mol. The van der Waals surface area contributed by atoms with Gasteiger partial charge in [-0.15, -0.1) is 0 Å². The summed E-state index contributed by atoms with van der Waals surface area (Å²) in [6.45, 7) is 0.0401. The average molecular weight is 222 g/mol. The van der Waals surface area contributed by atoms with Crippen molar-refractivity contribution in [3.8, 4) is 11.6 Å². The lowest BCUT2D eigenvalue weighted by atomic mass is 10.3. The molecular weight excluding hydrogens is 212 g/mol. The Morgan fingerprint density at radius 2 is 2.44 bits per heavy atom. The van der Waals surface area contributed by atoms with Crippen molar-refractivity contribution in [2.75, 3.05) is 13.7 Å². The number of ether oxygens (including phenoxy) is 1. The molecule has 0 spiro atoms. The van der Waals surface area contributed by atoms with Gasteiger partial charge in [0.05, 0.1) is 12.7 Å². The Hall–Kier alpha value is -1.95. The number of hydrogen-bond donors (Lipinski definition) is 0. The van der Waals surface area contributed by atoms with E-state index >= 15 is 0 Å². The number of nitrogens with zero attached hydrogens (tertiary/aromatic N) is 2. The Kier molecular flexibility index (Phi) is 3.11. The zero-order valence-electron chi connectivity index (χ0n) is 8.67. The van der Waals surface area contributed by atoms with Crippen molar-refractivity contribution in [2.24, 2.45) is 0 Å². The Labute approximate surface area is 91.2 Å². The van der Waals surface area contributed by atoms with Crippen LogP contribution in [0.3, 0.4) is 0 Å². The van der Waals surface area contributed by atoms with Crippen molar-refractivity contribution in [2.45, 2.75) is 6.42 Å². The Morgan fingerprint density at radius 3 is 3.12 bits per heavy atom. The molecule has 84 valence electrons. The van der Waals surface area contributed by atoms with Gasteiger partial charge < -0.3 is 13.7 Å². The number of methoxy groups -OCH3 is 1. The lowest BCUT2D eigenvalue weighted by Gasteiger charge is -1.93. The SMILES string of the molecule is COCC(=O)Cc1nc(-c2ccco2)no1. The number of carbonyl (C=O) groups excluding carboxylic acids is 1. The van der Waals surface area contributed by atoms with Crippen LogP contribution in [-0.2, 0) is 16.0 Å². The summed E-state index contributed by atoms with van der Waals surface area (Å²) < 4.78 is 14.7. The zero-order valence-corrected chi connectivity index (χ0v) is 8.67. The second-order valence-electron chi connectivity index (χ2n) is 3.14. The molecule has 2 rings (SSSR count). The summed E-state index contributed by atoms with van der Waals surface area (Å²) in [5.41, 5.74) is 0. The summed E-state index contributed by atoms with van der Waals surface area (Å²) in [7, 11) is 1.46.